The first kappa shape index (κ1) is 21.1. The lowest BCUT2D eigenvalue weighted by Gasteiger charge is -2.40. The number of halogens is 1. The van der Waals surface area contributed by atoms with Gasteiger partial charge in [-0.2, -0.15) is 0 Å². The van der Waals surface area contributed by atoms with Crippen molar-refractivity contribution in [2.75, 3.05) is 26.7 Å². The summed E-state index contributed by atoms with van der Waals surface area (Å²) < 4.78 is 0. The van der Waals surface area contributed by atoms with Crippen molar-refractivity contribution in [3.8, 4) is 0 Å². The zero-order valence-corrected chi connectivity index (χ0v) is 18.5. The molecule has 0 aliphatic carbocycles. The number of benzene rings is 1. The van der Waals surface area contributed by atoms with Crippen LogP contribution in [0.4, 0.5) is 0 Å². The number of aliphatic imine (C=N–C) groups is 1. The highest BCUT2D eigenvalue weighted by Gasteiger charge is 2.30. The van der Waals surface area contributed by atoms with Crippen molar-refractivity contribution < 1.29 is 0 Å². The van der Waals surface area contributed by atoms with Gasteiger partial charge >= 0.3 is 0 Å². The predicted molar refractivity (Wildman–Crippen MR) is 119 cm³/mol. The molecule has 2 atom stereocenters. The summed E-state index contributed by atoms with van der Waals surface area (Å²) in [5.74, 6) is 1.36. The maximum atomic E-state index is 6.26. The van der Waals surface area contributed by atoms with Crippen LogP contribution in [0.1, 0.15) is 41.3 Å². The summed E-state index contributed by atoms with van der Waals surface area (Å²) in [5.41, 5.74) is 1.29. The number of nitrogens with zero attached hydrogens (tertiary/aromatic N) is 3. The molecule has 0 radical (unpaired) electrons. The number of rotatable bonds is 6. The lowest BCUT2D eigenvalue weighted by atomic mass is 9.85. The molecule has 0 amide bonds. The van der Waals surface area contributed by atoms with E-state index in [1.807, 2.05) is 18.3 Å². The Morgan fingerprint density at radius 1 is 1.39 bits per heavy atom. The van der Waals surface area contributed by atoms with Crippen molar-refractivity contribution in [3.05, 3.63) is 50.9 Å². The maximum Gasteiger partial charge on any atom is 0.191 e. The molecular formula is C21H30ClN5S. The zero-order chi connectivity index (χ0) is 19.9. The van der Waals surface area contributed by atoms with E-state index in [2.05, 4.69) is 53.5 Å². The smallest absolute Gasteiger partial charge is 0.191 e. The molecule has 1 aliphatic rings. The summed E-state index contributed by atoms with van der Waals surface area (Å²) in [6.45, 7) is 7.61. The number of thiazole rings is 1. The third-order valence-electron chi connectivity index (χ3n) is 5.11. The van der Waals surface area contributed by atoms with Crippen molar-refractivity contribution in [1.29, 1.82) is 0 Å². The highest BCUT2D eigenvalue weighted by molar-refractivity contribution is 7.11. The summed E-state index contributed by atoms with van der Waals surface area (Å²) in [7, 11) is 2.21. The quantitative estimate of drug-likeness (QED) is 0.543. The molecule has 2 heterocycles. The molecule has 1 aromatic heterocycles. The first-order valence-electron chi connectivity index (χ1n) is 9.96. The van der Waals surface area contributed by atoms with Crippen molar-refractivity contribution in [2.24, 2.45) is 10.9 Å². The van der Waals surface area contributed by atoms with Crippen LogP contribution in [0.25, 0.3) is 0 Å². The zero-order valence-electron chi connectivity index (χ0n) is 16.9. The second-order valence-corrected chi connectivity index (χ2v) is 9.08. The van der Waals surface area contributed by atoms with E-state index in [1.165, 1.54) is 23.3 Å². The Morgan fingerprint density at radius 2 is 2.25 bits per heavy atom. The van der Waals surface area contributed by atoms with Crippen molar-refractivity contribution in [2.45, 2.75) is 39.3 Å². The molecule has 7 heteroatoms. The molecule has 5 nitrogen and oxygen atoms in total. The molecule has 28 heavy (non-hydrogen) atoms. The Hall–Kier alpha value is -1.63. The standard InChI is InChI=1S/C21H30ClN5S/c1-4-23-21(26-14-19-24-12-15(2)28-19)25-13-17-8-6-10-27(3)20(17)16-7-5-9-18(22)11-16/h5,7,9,11-12,17,20H,4,6,8,10,13-14H2,1-3H3,(H2,23,25,26). The van der Waals surface area contributed by atoms with Gasteiger partial charge in [0.2, 0.25) is 0 Å². The van der Waals surface area contributed by atoms with Crippen LogP contribution in [0, 0.1) is 12.8 Å². The van der Waals surface area contributed by atoms with Crippen LogP contribution >= 0.6 is 22.9 Å². The van der Waals surface area contributed by atoms with Crippen LogP contribution in [-0.4, -0.2) is 42.5 Å². The van der Waals surface area contributed by atoms with E-state index < -0.39 is 0 Å². The average molecular weight is 420 g/mol. The second kappa shape index (κ2) is 10.2. The van der Waals surface area contributed by atoms with Crippen molar-refractivity contribution in [1.82, 2.24) is 20.5 Å². The van der Waals surface area contributed by atoms with Crippen LogP contribution in [0.5, 0.6) is 0 Å². The van der Waals surface area contributed by atoms with Crippen molar-refractivity contribution in [3.63, 3.8) is 0 Å². The summed E-state index contributed by atoms with van der Waals surface area (Å²) >= 11 is 7.96. The largest absolute Gasteiger partial charge is 0.357 e. The fraction of sp³-hybridized carbons (Fsp3) is 0.524. The predicted octanol–water partition coefficient (Wildman–Crippen LogP) is 4.24. The summed E-state index contributed by atoms with van der Waals surface area (Å²) in [6.07, 6.45) is 4.31. The number of hydrogen-bond donors (Lipinski definition) is 2. The molecule has 3 rings (SSSR count). The van der Waals surface area contributed by atoms with E-state index in [4.69, 9.17) is 16.6 Å². The highest BCUT2D eigenvalue weighted by Crippen LogP contribution is 2.35. The van der Waals surface area contributed by atoms with E-state index in [1.54, 1.807) is 11.3 Å². The molecule has 1 aliphatic heterocycles. The molecule has 1 saturated heterocycles. The molecule has 1 fully saturated rings. The molecule has 0 saturated carbocycles. The number of aromatic nitrogens is 1. The lowest BCUT2D eigenvalue weighted by molar-refractivity contribution is 0.122. The first-order valence-corrected chi connectivity index (χ1v) is 11.2. The SMILES string of the molecule is CCNC(=NCc1ncc(C)s1)NCC1CCCN(C)C1c1cccc(Cl)c1. The minimum Gasteiger partial charge on any atom is -0.357 e. The Balaban J connectivity index is 1.68. The van der Waals surface area contributed by atoms with E-state index in [-0.39, 0.29) is 0 Å². The fourth-order valence-electron chi connectivity index (χ4n) is 3.88. The molecule has 0 spiro atoms. The normalized spacial score (nSPS) is 20.9. The number of likely N-dealkylation sites (tertiary alicyclic amines) is 1. The van der Waals surface area contributed by atoms with Gasteiger partial charge < -0.3 is 10.6 Å². The highest BCUT2D eigenvalue weighted by atomic mass is 35.5. The first-order chi connectivity index (χ1) is 13.6. The molecule has 1 aromatic carbocycles. The van der Waals surface area contributed by atoms with E-state index in [0.717, 1.165) is 35.6 Å². The average Bonchev–Trinajstić information content (AvgIpc) is 3.09. The van der Waals surface area contributed by atoms with Crippen LogP contribution in [-0.2, 0) is 6.54 Å². The molecular weight excluding hydrogens is 390 g/mol. The Kier molecular flexibility index (Phi) is 7.71. The lowest BCUT2D eigenvalue weighted by Crippen LogP contribution is -2.45. The van der Waals surface area contributed by atoms with Gasteiger partial charge in [-0.05, 0) is 63.9 Å². The number of guanidine groups is 1. The van der Waals surface area contributed by atoms with E-state index in [9.17, 15) is 0 Å². The molecule has 0 bridgehead atoms. The fourth-order valence-corrected chi connectivity index (χ4v) is 4.79. The van der Waals surface area contributed by atoms with Crippen LogP contribution < -0.4 is 10.6 Å². The summed E-state index contributed by atoms with van der Waals surface area (Å²) in [4.78, 5) is 12.8. The van der Waals surface area contributed by atoms with Gasteiger partial charge in [0.15, 0.2) is 5.96 Å². The second-order valence-electron chi connectivity index (χ2n) is 7.32. The van der Waals surface area contributed by atoms with Crippen LogP contribution in [0.15, 0.2) is 35.5 Å². The third kappa shape index (κ3) is 5.69. The van der Waals surface area contributed by atoms with Gasteiger partial charge in [-0.1, -0.05) is 23.7 Å². The van der Waals surface area contributed by atoms with Gasteiger partial charge in [-0.3, -0.25) is 4.90 Å². The van der Waals surface area contributed by atoms with E-state index in [0.29, 0.717) is 18.5 Å². The minimum absolute atomic E-state index is 0.365. The maximum absolute atomic E-state index is 6.26. The minimum atomic E-state index is 0.365. The number of aryl methyl sites for hydroxylation is 1. The third-order valence-corrected chi connectivity index (χ3v) is 6.25. The van der Waals surface area contributed by atoms with Crippen molar-refractivity contribution >= 4 is 28.9 Å². The number of nitrogens with one attached hydrogen (secondary N) is 2. The van der Waals surface area contributed by atoms with Gasteiger partial charge in [0, 0.05) is 35.2 Å². The molecule has 2 aromatic rings. The Morgan fingerprint density at radius 3 is 2.96 bits per heavy atom. The Labute approximate surface area is 177 Å². The summed E-state index contributed by atoms with van der Waals surface area (Å²) in [5, 5.41) is 8.76. The van der Waals surface area contributed by atoms with Crippen LogP contribution in [0.3, 0.4) is 0 Å². The Bertz CT molecular complexity index is 791. The van der Waals surface area contributed by atoms with Gasteiger partial charge in [0.1, 0.15) is 5.01 Å². The monoisotopic (exact) mass is 419 g/mol. The number of hydrogen-bond acceptors (Lipinski definition) is 4. The van der Waals surface area contributed by atoms with Gasteiger partial charge in [0.05, 0.1) is 6.54 Å². The number of piperidine rings is 1. The van der Waals surface area contributed by atoms with Gasteiger partial charge in [0.25, 0.3) is 0 Å². The molecule has 2 unspecified atom stereocenters. The molecule has 152 valence electrons. The van der Waals surface area contributed by atoms with Crippen LogP contribution in [0.2, 0.25) is 5.02 Å². The summed E-state index contributed by atoms with van der Waals surface area (Å²) in [6, 6.07) is 8.65. The molecule has 2 N–H and O–H groups in total. The van der Waals surface area contributed by atoms with E-state index >= 15 is 0 Å². The topological polar surface area (TPSA) is 52.6 Å². The van der Waals surface area contributed by atoms with Gasteiger partial charge in [-0.15, -0.1) is 11.3 Å². The van der Waals surface area contributed by atoms with Gasteiger partial charge in [-0.25, -0.2) is 9.98 Å².